The van der Waals surface area contributed by atoms with Crippen molar-refractivity contribution in [3.05, 3.63) is 29.0 Å². The maximum Gasteiger partial charge on any atom is 0.278 e. The first-order valence-corrected chi connectivity index (χ1v) is 4.33. The first kappa shape index (κ1) is 9.90. The summed E-state index contributed by atoms with van der Waals surface area (Å²) in [4.78, 5) is 34.8. The molecule has 0 bridgehead atoms. The highest BCUT2D eigenvalue weighted by Crippen LogP contribution is 2.02. The van der Waals surface area contributed by atoms with Gasteiger partial charge >= 0.3 is 0 Å². The lowest BCUT2D eigenvalue weighted by Gasteiger charge is -1.97. The fourth-order valence-electron chi connectivity index (χ4n) is 1.11. The Hall–Kier alpha value is -2.64. The minimum atomic E-state index is -0.601. The van der Waals surface area contributed by atoms with Crippen LogP contribution in [0.3, 0.4) is 0 Å². The lowest BCUT2D eigenvalue weighted by molar-refractivity contribution is -0.113. The second-order valence-electron chi connectivity index (χ2n) is 2.90. The molecule has 0 atom stereocenters. The van der Waals surface area contributed by atoms with Crippen LogP contribution in [-0.2, 0) is 4.79 Å². The first-order chi connectivity index (χ1) is 7.66. The number of fused-ring (bicyclic) bond motifs is 1. The number of aromatic nitrogens is 4. The molecule has 82 valence electrons. The van der Waals surface area contributed by atoms with E-state index >= 15 is 0 Å². The van der Waals surface area contributed by atoms with Gasteiger partial charge in [0.1, 0.15) is 0 Å². The van der Waals surface area contributed by atoms with E-state index in [0.717, 1.165) is 6.08 Å². The molecule has 0 saturated carbocycles. The summed E-state index contributed by atoms with van der Waals surface area (Å²) in [5.41, 5.74) is 5.12. The van der Waals surface area contributed by atoms with Crippen LogP contribution < -0.4 is 16.6 Å². The number of nitrogens with one attached hydrogen (secondary N) is 3. The van der Waals surface area contributed by atoms with Crippen molar-refractivity contribution in [1.29, 1.82) is 0 Å². The maximum absolute atomic E-state index is 11.4. The Morgan fingerprint density at radius 2 is 2.38 bits per heavy atom. The molecule has 2 aromatic rings. The second-order valence-corrected chi connectivity index (χ2v) is 2.90. The molecule has 1 amide bonds. The number of H-pyrrole nitrogens is 2. The number of anilines is 1. The van der Waals surface area contributed by atoms with Gasteiger partial charge in [0.05, 0.1) is 6.33 Å². The number of hydrogen-bond acceptors (Lipinski definition) is 5. The molecule has 5 N–H and O–H groups in total. The average molecular weight is 220 g/mol. The first-order valence-electron chi connectivity index (χ1n) is 4.33. The number of carbonyl (C=O) groups is 1. The van der Waals surface area contributed by atoms with Crippen LogP contribution in [0.1, 0.15) is 0 Å². The van der Waals surface area contributed by atoms with E-state index in [4.69, 9.17) is 5.73 Å². The number of nitrogens with two attached hydrogens (primary N) is 1. The molecule has 0 radical (unpaired) electrons. The van der Waals surface area contributed by atoms with Gasteiger partial charge in [-0.1, -0.05) is 0 Å². The van der Waals surface area contributed by atoms with Gasteiger partial charge in [-0.25, -0.2) is 4.98 Å². The van der Waals surface area contributed by atoms with E-state index in [1.54, 1.807) is 0 Å². The van der Waals surface area contributed by atoms with Gasteiger partial charge in [-0.2, -0.15) is 4.98 Å². The minimum Gasteiger partial charge on any atom is -0.366 e. The molecule has 0 aliphatic rings. The van der Waals surface area contributed by atoms with E-state index in [0.29, 0.717) is 11.2 Å². The maximum atomic E-state index is 11.4. The van der Waals surface area contributed by atoms with Crippen molar-refractivity contribution in [3.8, 4) is 0 Å². The summed E-state index contributed by atoms with van der Waals surface area (Å²) in [5.74, 6) is -0.419. The van der Waals surface area contributed by atoms with Gasteiger partial charge in [0.2, 0.25) is 11.9 Å². The summed E-state index contributed by atoms with van der Waals surface area (Å²) in [6.07, 6.45) is 3.75. The Morgan fingerprint density at radius 3 is 3.12 bits per heavy atom. The quantitative estimate of drug-likeness (QED) is 0.496. The SMILES string of the molecule is NC(=O)C=CNc1nc2nc[nH]c2c(=O)[nH]1. The largest absolute Gasteiger partial charge is 0.366 e. The molecule has 8 nitrogen and oxygen atoms in total. The highest BCUT2D eigenvalue weighted by atomic mass is 16.1. The van der Waals surface area contributed by atoms with Crippen molar-refractivity contribution in [1.82, 2.24) is 19.9 Å². The van der Waals surface area contributed by atoms with Crippen LogP contribution in [0.4, 0.5) is 5.95 Å². The number of amides is 1. The number of primary amides is 1. The van der Waals surface area contributed by atoms with Gasteiger partial charge in [-0.15, -0.1) is 0 Å². The molecule has 8 heteroatoms. The summed E-state index contributed by atoms with van der Waals surface area (Å²) in [5, 5.41) is 2.60. The molecule has 2 rings (SSSR count). The molecule has 0 aliphatic carbocycles. The van der Waals surface area contributed by atoms with Crippen molar-refractivity contribution in [2.45, 2.75) is 0 Å². The Labute approximate surface area is 88.6 Å². The van der Waals surface area contributed by atoms with Gasteiger partial charge in [-0.05, 0) is 0 Å². The number of carbonyl (C=O) groups excluding carboxylic acids is 1. The molecule has 0 fully saturated rings. The Bertz CT molecular complexity index is 610. The Balaban J connectivity index is 2.32. The minimum absolute atomic E-state index is 0.183. The molecule has 0 spiro atoms. The molecule has 2 aromatic heterocycles. The lowest BCUT2D eigenvalue weighted by Crippen LogP contribution is -2.11. The van der Waals surface area contributed by atoms with E-state index < -0.39 is 5.91 Å². The van der Waals surface area contributed by atoms with Crippen LogP contribution in [-0.4, -0.2) is 25.8 Å². The molecule has 2 heterocycles. The van der Waals surface area contributed by atoms with Crippen molar-refractivity contribution < 1.29 is 4.79 Å². The van der Waals surface area contributed by atoms with E-state index in [1.165, 1.54) is 12.5 Å². The van der Waals surface area contributed by atoms with Crippen molar-refractivity contribution in [2.75, 3.05) is 5.32 Å². The van der Waals surface area contributed by atoms with Crippen LogP contribution in [0.15, 0.2) is 23.4 Å². The highest BCUT2D eigenvalue weighted by Gasteiger charge is 2.03. The van der Waals surface area contributed by atoms with Crippen molar-refractivity contribution in [3.63, 3.8) is 0 Å². The van der Waals surface area contributed by atoms with E-state index in [9.17, 15) is 9.59 Å². The Kier molecular flexibility index (Phi) is 2.38. The second kappa shape index (κ2) is 3.85. The predicted octanol–water partition coefficient (Wildman–Crippen LogP) is -0.943. The van der Waals surface area contributed by atoms with E-state index in [1.807, 2.05) is 0 Å². The van der Waals surface area contributed by atoms with Crippen LogP contribution >= 0.6 is 0 Å². The molecule has 0 aliphatic heterocycles. The molecular formula is C8H8N6O2. The fourth-order valence-corrected chi connectivity index (χ4v) is 1.11. The third kappa shape index (κ3) is 1.90. The van der Waals surface area contributed by atoms with Gasteiger partial charge in [0, 0.05) is 12.3 Å². The molecule has 0 saturated heterocycles. The zero-order valence-corrected chi connectivity index (χ0v) is 8.02. The van der Waals surface area contributed by atoms with Crippen LogP contribution in [0, 0.1) is 0 Å². The number of hydrogen-bond donors (Lipinski definition) is 4. The van der Waals surface area contributed by atoms with Crippen LogP contribution in [0.2, 0.25) is 0 Å². The summed E-state index contributed by atoms with van der Waals surface area (Å²) in [6, 6.07) is 0. The Morgan fingerprint density at radius 1 is 1.56 bits per heavy atom. The average Bonchev–Trinajstić information content (AvgIpc) is 2.65. The smallest absolute Gasteiger partial charge is 0.278 e. The van der Waals surface area contributed by atoms with Crippen LogP contribution in [0.25, 0.3) is 11.2 Å². The van der Waals surface area contributed by atoms with E-state index in [2.05, 4.69) is 25.3 Å². The van der Waals surface area contributed by atoms with Crippen LogP contribution in [0.5, 0.6) is 0 Å². The summed E-state index contributed by atoms with van der Waals surface area (Å²) >= 11 is 0. The molecular weight excluding hydrogens is 212 g/mol. The number of imidazole rings is 1. The molecule has 0 aromatic carbocycles. The topological polar surface area (TPSA) is 130 Å². The summed E-state index contributed by atoms with van der Waals surface area (Å²) < 4.78 is 0. The van der Waals surface area contributed by atoms with Gasteiger partial charge in [0.25, 0.3) is 5.56 Å². The zero-order chi connectivity index (χ0) is 11.5. The molecule has 16 heavy (non-hydrogen) atoms. The predicted molar refractivity (Wildman–Crippen MR) is 56.5 cm³/mol. The van der Waals surface area contributed by atoms with Gasteiger partial charge in [-0.3, -0.25) is 14.6 Å². The molecule has 0 unspecified atom stereocenters. The summed E-state index contributed by atoms with van der Waals surface area (Å²) in [6.45, 7) is 0. The number of nitrogens with zero attached hydrogens (tertiary/aromatic N) is 2. The monoisotopic (exact) mass is 220 g/mol. The van der Waals surface area contributed by atoms with Gasteiger partial charge in [0.15, 0.2) is 11.2 Å². The lowest BCUT2D eigenvalue weighted by atomic mass is 10.5. The van der Waals surface area contributed by atoms with Crippen molar-refractivity contribution in [2.24, 2.45) is 5.73 Å². The van der Waals surface area contributed by atoms with Crippen molar-refractivity contribution >= 4 is 23.0 Å². The third-order valence-corrected chi connectivity index (χ3v) is 1.76. The third-order valence-electron chi connectivity index (χ3n) is 1.76. The normalized spacial score (nSPS) is 11.0. The highest BCUT2D eigenvalue weighted by molar-refractivity contribution is 5.86. The number of aromatic amines is 2. The van der Waals surface area contributed by atoms with E-state index in [-0.39, 0.29) is 11.5 Å². The zero-order valence-electron chi connectivity index (χ0n) is 8.02. The summed E-state index contributed by atoms with van der Waals surface area (Å²) in [7, 11) is 0. The number of rotatable bonds is 3. The fraction of sp³-hybridized carbons (Fsp3) is 0. The van der Waals surface area contributed by atoms with Gasteiger partial charge < -0.3 is 16.0 Å². The standard InChI is InChI=1S/C8H8N6O2/c9-4(15)1-2-10-8-13-6-5(7(16)14-8)11-3-12-6/h1-3H,(H2,9,15)(H3,10,11,12,13,14,16).